The monoisotopic (exact) mass is 573 g/mol. The van der Waals surface area contributed by atoms with Gasteiger partial charge in [-0.3, -0.25) is 9.69 Å². The molecule has 0 bridgehead atoms. The van der Waals surface area contributed by atoms with Gasteiger partial charge in [0.1, 0.15) is 5.75 Å². The molecule has 0 N–H and O–H groups in total. The molecule has 0 radical (unpaired) electrons. The topological polar surface area (TPSA) is 36.0 Å². The minimum Gasteiger partial charge on any atom is -0.496 e. The van der Waals surface area contributed by atoms with E-state index in [-0.39, 0.29) is 0 Å². The second-order valence-corrected chi connectivity index (χ2v) is 10.2. The third-order valence-corrected chi connectivity index (χ3v) is 7.07. The first-order valence-corrected chi connectivity index (χ1v) is 14.2. The second kappa shape index (κ2) is 20.0. The summed E-state index contributed by atoms with van der Waals surface area (Å²) in [5.74, 6) is 0.879. The average Bonchev–Trinajstić information content (AvgIpc) is 2.84. The number of ether oxygens (including phenoxy) is 1. The van der Waals surface area contributed by atoms with Crippen molar-refractivity contribution in [1.82, 2.24) is 14.9 Å². The highest BCUT2D eigenvalue weighted by atomic mass is 79.9. The van der Waals surface area contributed by atoms with Gasteiger partial charge in [0.25, 0.3) is 0 Å². The molecule has 0 saturated heterocycles. The lowest BCUT2D eigenvalue weighted by Gasteiger charge is -2.39. The fraction of sp³-hybridized carbons (Fsp3) is 0.679. The van der Waals surface area contributed by atoms with Gasteiger partial charge in [0.15, 0.2) is 6.29 Å². The molecule has 1 unspecified atom stereocenters. The molecule has 1 rings (SSSR count). The lowest BCUT2D eigenvalue weighted by molar-refractivity contribution is -0.104. The Morgan fingerprint density at radius 2 is 1.71 bits per heavy atom. The zero-order valence-corrected chi connectivity index (χ0v) is 25.7. The van der Waals surface area contributed by atoms with E-state index >= 15 is 0 Å². The molecular weight excluding hydrogens is 526 g/mol. The molecule has 202 valence electrons. The molecule has 0 aliphatic rings. The molecule has 0 spiro atoms. The van der Waals surface area contributed by atoms with E-state index in [1.807, 2.05) is 25.1 Å². The molecule has 0 aliphatic heterocycles. The number of hydrogen-bond donors (Lipinski definition) is 0. The van der Waals surface area contributed by atoms with Crippen LogP contribution in [0.15, 0.2) is 28.4 Å². The first-order valence-electron chi connectivity index (χ1n) is 13.0. The van der Waals surface area contributed by atoms with Gasteiger partial charge in [-0.05, 0) is 85.4 Å². The molecule has 0 aliphatic carbocycles. The number of carbonyl (C=O) groups is 1. The number of rotatable bonds is 16. The number of benzene rings is 1. The van der Waals surface area contributed by atoms with Gasteiger partial charge in [0, 0.05) is 31.7 Å². The van der Waals surface area contributed by atoms with Crippen LogP contribution >= 0.6 is 27.5 Å². The van der Waals surface area contributed by atoms with E-state index in [1.54, 1.807) is 7.11 Å². The highest BCUT2D eigenvalue weighted by Gasteiger charge is 2.22. The highest BCUT2D eigenvalue weighted by molar-refractivity contribution is 9.12. The van der Waals surface area contributed by atoms with Gasteiger partial charge in [-0.15, -0.1) is 0 Å². The van der Waals surface area contributed by atoms with E-state index in [4.69, 9.17) is 16.3 Å². The summed E-state index contributed by atoms with van der Waals surface area (Å²) in [6.07, 6.45) is 9.29. The molecule has 35 heavy (non-hydrogen) atoms. The second-order valence-electron chi connectivity index (χ2n) is 8.96. The Morgan fingerprint density at radius 3 is 2.17 bits per heavy atom. The maximum Gasteiger partial charge on any atom is 0.158 e. The number of hydrogen-bond acceptors (Lipinski definition) is 5. The highest BCUT2D eigenvalue weighted by Crippen LogP contribution is 2.22. The first kappa shape index (κ1) is 33.9. The normalized spacial score (nSPS) is 12.7. The Kier molecular flexibility index (Phi) is 19.4. The Morgan fingerprint density at radius 1 is 1.09 bits per heavy atom. The van der Waals surface area contributed by atoms with Gasteiger partial charge in [0.2, 0.25) is 0 Å². The van der Waals surface area contributed by atoms with E-state index in [2.05, 4.69) is 72.6 Å². The zero-order valence-electron chi connectivity index (χ0n) is 23.4. The van der Waals surface area contributed by atoms with Crippen molar-refractivity contribution in [3.05, 3.63) is 39.0 Å². The fourth-order valence-corrected chi connectivity index (χ4v) is 4.69. The lowest BCUT2D eigenvalue weighted by Crippen LogP contribution is -2.46. The summed E-state index contributed by atoms with van der Waals surface area (Å²) in [5.41, 5.74) is 2.11. The Bertz CT molecular complexity index is 739. The first-order chi connectivity index (χ1) is 16.7. The quantitative estimate of drug-likeness (QED) is 0.0874. The average molecular weight is 575 g/mol. The van der Waals surface area contributed by atoms with Gasteiger partial charge in [-0.1, -0.05) is 58.6 Å². The minimum absolute atomic E-state index is 0.504. The van der Waals surface area contributed by atoms with Gasteiger partial charge in [0.05, 0.1) is 17.3 Å². The summed E-state index contributed by atoms with van der Waals surface area (Å²) in [7, 11) is 5.88. The fourth-order valence-electron chi connectivity index (χ4n) is 4.08. The number of nitrogens with zero attached hydrogens (tertiary/aromatic N) is 3. The van der Waals surface area contributed by atoms with Crippen LogP contribution in [0, 0.1) is 6.92 Å². The van der Waals surface area contributed by atoms with Crippen LogP contribution in [0.4, 0.5) is 0 Å². The molecule has 0 heterocycles. The van der Waals surface area contributed by atoms with Gasteiger partial charge in [-0.2, -0.15) is 0 Å². The number of allylic oxidation sites excluding steroid dienone is 1. The van der Waals surface area contributed by atoms with Crippen molar-refractivity contribution < 1.29 is 9.53 Å². The molecule has 1 atom stereocenters. The van der Waals surface area contributed by atoms with Crippen LogP contribution in [-0.4, -0.2) is 68.1 Å². The summed E-state index contributed by atoms with van der Waals surface area (Å²) >= 11 is 9.21. The number of unbranched alkanes of at least 4 members (excludes halogenated alkanes) is 2. The molecule has 1 aromatic carbocycles. The molecule has 0 fully saturated rings. The molecule has 0 aromatic heterocycles. The number of methoxy groups -OCH3 is 1. The third kappa shape index (κ3) is 13.2. The number of carbonyl (C=O) groups excluding carboxylic acids is 1. The van der Waals surface area contributed by atoms with Crippen molar-refractivity contribution in [3.63, 3.8) is 0 Å². The van der Waals surface area contributed by atoms with Gasteiger partial charge >= 0.3 is 0 Å². The predicted molar refractivity (Wildman–Crippen MR) is 156 cm³/mol. The number of halogens is 2. The molecule has 0 saturated carbocycles. The van der Waals surface area contributed by atoms with E-state index in [9.17, 15) is 4.79 Å². The van der Waals surface area contributed by atoms with Crippen LogP contribution < -0.4 is 4.74 Å². The van der Waals surface area contributed by atoms with Crippen LogP contribution in [0.3, 0.4) is 0 Å². The summed E-state index contributed by atoms with van der Waals surface area (Å²) in [6.45, 7) is 13.8. The Labute approximate surface area is 228 Å². The number of aldehydes is 1. The van der Waals surface area contributed by atoms with Gasteiger partial charge in [-0.25, -0.2) is 5.01 Å². The van der Waals surface area contributed by atoms with Gasteiger partial charge < -0.3 is 9.75 Å². The summed E-state index contributed by atoms with van der Waals surface area (Å²) in [6, 6.07) is 6.05. The van der Waals surface area contributed by atoms with Crippen molar-refractivity contribution in [2.75, 3.05) is 40.8 Å². The molecule has 1 aromatic rings. The summed E-state index contributed by atoms with van der Waals surface area (Å²) in [5, 5.41) is 5.24. The van der Waals surface area contributed by atoms with Crippen molar-refractivity contribution in [2.24, 2.45) is 0 Å². The number of aryl methyl sites for hydroxylation is 1. The Balaban J connectivity index is 0.000000952. The van der Waals surface area contributed by atoms with E-state index in [0.717, 1.165) is 67.2 Å². The van der Waals surface area contributed by atoms with E-state index in [1.165, 1.54) is 25.7 Å². The predicted octanol–water partition coefficient (Wildman–Crippen LogP) is 7.71. The van der Waals surface area contributed by atoms with Crippen LogP contribution in [0.25, 0.3) is 0 Å². The van der Waals surface area contributed by atoms with Crippen LogP contribution in [0.1, 0.15) is 78.2 Å². The smallest absolute Gasteiger partial charge is 0.158 e. The molecule has 5 nitrogen and oxygen atoms in total. The summed E-state index contributed by atoms with van der Waals surface area (Å²) in [4.78, 5) is 13.9. The SMILES string of the molecule is CCCCCC(CC)N(C)N(C)/C(CN(CCC)CCC)=C(/Br)C=O.COc1ccc(Cl)cc1C. The number of hydrazine groups is 1. The van der Waals surface area contributed by atoms with E-state index in [0.29, 0.717) is 10.5 Å². The van der Waals surface area contributed by atoms with Crippen molar-refractivity contribution in [1.29, 1.82) is 0 Å². The van der Waals surface area contributed by atoms with Crippen molar-refractivity contribution in [3.8, 4) is 5.75 Å². The van der Waals surface area contributed by atoms with Crippen LogP contribution in [-0.2, 0) is 4.79 Å². The zero-order chi connectivity index (χ0) is 26.8. The van der Waals surface area contributed by atoms with Crippen LogP contribution in [0.5, 0.6) is 5.75 Å². The van der Waals surface area contributed by atoms with E-state index < -0.39 is 0 Å². The standard InChI is InChI=1S/C20H40BrN3O.C8H9ClO/c1-7-11-12-13-18(10-4)22(5)23(6)20(19(21)17-25)16-24(14-8-2)15-9-3;1-6-5-7(9)3-4-8(6)10-2/h17-18H,7-16H2,1-6H3;3-5H,1-2H3/b20-19+;. The molecule has 0 amide bonds. The molecule has 7 heteroatoms. The minimum atomic E-state index is 0.504. The number of likely N-dealkylation sites (N-methyl/N-ethyl adjacent to an activating group) is 1. The Hall–Kier alpha value is -1.08. The largest absolute Gasteiger partial charge is 0.496 e. The van der Waals surface area contributed by atoms with Crippen molar-refractivity contribution in [2.45, 2.75) is 85.6 Å². The van der Waals surface area contributed by atoms with Crippen molar-refractivity contribution >= 4 is 33.8 Å². The maximum absolute atomic E-state index is 11.5. The lowest BCUT2D eigenvalue weighted by atomic mass is 10.1. The summed E-state index contributed by atoms with van der Waals surface area (Å²) < 4.78 is 5.70. The maximum atomic E-state index is 11.5. The van der Waals surface area contributed by atoms with Crippen LogP contribution in [0.2, 0.25) is 5.02 Å². The third-order valence-electron chi connectivity index (χ3n) is 6.19. The molecular formula is C28H49BrClN3O2.